The van der Waals surface area contributed by atoms with Gasteiger partial charge in [-0.05, 0) is 25.2 Å². The summed E-state index contributed by atoms with van der Waals surface area (Å²) in [7, 11) is 1.79. The van der Waals surface area contributed by atoms with Gasteiger partial charge in [-0.2, -0.15) is 0 Å². The maximum Gasteiger partial charge on any atom is 0.337 e. The smallest absolute Gasteiger partial charge is 0.337 e. The summed E-state index contributed by atoms with van der Waals surface area (Å²) in [5, 5.41) is 11.7. The summed E-state index contributed by atoms with van der Waals surface area (Å²) in [5.41, 5.74) is 6.49. The Morgan fingerprint density at radius 3 is 2.93 bits per heavy atom. The monoisotopic (exact) mass is 204 g/mol. The molecule has 0 bridgehead atoms. The molecular formula is C11H12N2O2. The van der Waals surface area contributed by atoms with Gasteiger partial charge in [0.2, 0.25) is 0 Å². The zero-order valence-corrected chi connectivity index (χ0v) is 8.37. The third-order valence-electron chi connectivity index (χ3n) is 1.78. The third-order valence-corrected chi connectivity index (χ3v) is 1.78. The number of hydrogen-bond acceptors (Lipinski definition) is 3. The van der Waals surface area contributed by atoms with Crippen LogP contribution >= 0.6 is 0 Å². The van der Waals surface area contributed by atoms with Gasteiger partial charge in [0, 0.05) is 11.3 Å². The van der Waals surface area contributed by atoms with Gasteiger partial charge in [-0.3, -0.25) is 0 Å². The first kappa shape index (κ1) is 11.1. The molecule has 0 saturated heterocycles. The molecule has 1 aromatic carbocycles. The van der Waals surface area contributed by atoms with Crippen LogP contribution in [0.2, 0.25) is 0 Å². The van der Waals surface area contributed by atoms with E-state index in [1.807, 2.05) is 0 Å². The van der Waals surface area contributed by atoms with Gasteiger partial charge in [-0.25, -0.2) is 4.79 Å². The highest BCUT2D eigenvalue weighted by Crippen LogP contribution is 2.13. The Kier molecular flexibility index (Phi) is 3.72. The van der Waals surface area contributed by atoms with Crippen molar-refractivity contribution < 1.29 is 9.90 Å². The van der Waals surface area contributed by atoms with Crippen LogP contribution in [0.5, 0.6) is 0 Å². The summed E-state index contributed by atoms with van der Waals surface area (Å²) < 4.78 is 0. The molecule has 0 saturated carbocycles. The van der Waals surface area contributed by atoms with E-state index in [4.69, 9.17) is 10.8 Å². The largest absolute Gasteiger partial charge is 0.478 e. The van der Waals surface area contributed by atoms with E-state index in [0.717, 1.165) is 0 Å². The second-order valence-corrected chi connectivity index (χ2v) is 2.94. The molecule has 4 heteroatoms. The Hall–Kier alpha value is -1.99. The number of hydrogen-bond donors (Lipinski definition) is 3. The molecule has 0 radical (unpaired) electrons. The van der Waals surface area contributed by atoms with Gasteiger partial charge in [0.05, 0.1) is 12.1 Å². The molecule has 0 atom stereocenters. The summed E-state index contributed by atoms with van der Waals surface area (Å²) in [6.07, 6.45) is 0. The number of carbonyl (C=O) groups is 1. The molecule has 0 aliphatic rings. The lowest BCUT2D eigenvalue weighted by atomic mass is 10.1. The van der Waals surface area contributed by atoms with E-state index >= 15 is 0 Å². The van der Waals surface area contributed by atoms with Crippen molar-refractivity contribution >= 4 is 11.7 Å². The summed E-state index contributed by atoms with van der Waals surface area (Å²) in [6.45, 7) is 0.562. The predicted octanol–water partition coefficient (Wildman–Crippen LogP) is 0.538. The van der Waals surface area contributed by atoms with Gasteiger partial charge >= 0.3 is 5.97 Å². The minimum absolute atomic E-state index is 0.0891. The van der Waals surface area contributed by atoms with Gasteiger partial charge in [0.15, 0.2) is 0 Å². The molecule has 0 aliphatic heterocycles. The highest BCUT2D eigenvalue weighted by atomic mass is 16.4. The van der Waals surface area contributed by atoms with Crippen LogP contribution in [0.1, 0.15) is 15.9 Å². The lowest BCUT2D eigenvalue weighted by molar-refractivity contribution is 0.0698. The third kappa shape index (κ3) is 3.01. The first-order chi connectivity index (χ1) is 7.15. The topological polar surface area (TPSA) is 75.3 Å². The molecule has 0 unspecified atom stereocenters. The van der Waals surface area contributed by atoms with Crippen LogP contribution < -0.4 is 11.1 Å². The van der Waals surface area contributed by atoms with Crippen molar-refractivity contribution in [2.45, 2.75) is 0 Å². The van der Waals surface area contributed by atoms with Gasteiger partial charge in [0.1, 0.15) is 0 Å². The van der Waals surface area contributed by atoms with Gasteiger partial charge < -0.3 is 16.2 Å². The Morgan fingerprint density at radius 1 is 1.60 bits per heavy atom. The van der Waals surface area contributed by atoms with E-state index in [0.29, 0.717) is 12.1 Å². The van der Waals surface area contributed by atoms with Gasteiger partial charge in [-0.15, -0.1) is 0 Å². The number of nitrogens with two attached hydrogens (primary N) is 1. The van der Waals surface area contributed by atoms with E-state index in [9.17, 15) is 4.79 Å². The van der Waals surface area contributed by atoms with Crippen molar-refractivity contribution in [2.75, 3.05) is 19.3 Å². The molecule has 0 spiro atoms. The number of carboxylic acids is 1. The maximum absolute atomic E-state index is 10.8. The van der Waals surface area contributed by atoms with Crippen molar-refractivity contribution in [3.05, 3.63) is 29.3 Å². The van der Waals surface area contributed by atoms with Crippen LogP contribution in [-0.2, 0) is 0 Å². The Morgan fingerprint density at radius 2 is 2.33 bits per heavy atom. The highest BCUT2D eigenvalue weighted by molar-refractivity contribution is 5.94. The average molecular weight is 204 g/mol. The summed E-state index contributed by atoms with van der Waals surface area (Å²) >= 11 is 0. The summed E-state index contributed by atoms with van der Waals surface area (Å²) in [5.74, 6) is 4.64. The van der Waals surface area contributed by atoms with Crippen molar-refractivity contribution in [2.24, 2.45) is 0 Å². The van der Waals surface area contributed by atoms with Crippen molar-refractivity contribution in [3.8, 4) is 11.8 Å². The highest BCUT2D eigenvalue weighted by Gasteiger charge is 2.07. The average Bonchev–Trinajstić information content (AvgIpc) is 2.20. The second-order valence-electron chi connectivity index (χ2n) is 2.94. The fourth-order valence-electron chi connectivity index (χ4n) is 1.05. The minimum atomic E-state index is -1.04. The number of aromatic carboxylic acids is 1. The van der Waals surface area contributed by atoms with Crippen LogP contribution in [0.15, 0.2) is 18.2 Å². The molecular weight excluding hydrogens is 192 g/mol. The molecule has 0 fully saturated rings. The normalized spacial score (nSPS) is 9.13. The molecule has 78 valence electrons. The SMILES string of the molecule is CNCC#Cc1ccc(N)c(C(=O)O)c1. The first-order valence-electron chi connectivity index (χ1n) is 4.41. The van der Waals surface area contributed by atoms with Crippen molar-refractivity contribution in [1.29, 1.82) is 0 Å². The fourth-order valence-corrected chi connectivity index (χ4v) is 1.05. The van der Waals surface area contributed by atoms with Crippen LogP contribution in [0.4, 0.5) is 5.69 Å². The fraction of sp³-hybridized carbons (Fsp3) is 0.182. The van der Waals surface area contributed by atoms with Gasteiger partial charge in [-0.1, -0.05) is 11.8 Å². The molecule has 4 N–H and O–H groups in total. The Labute approximate surface area is 88.1 Å². The second kappa shape index (κ2) is 5.03. The summed E-state index contributed by atoms with van der Waals surface area (Å²) in [6, 6.07) is 4.72. The predicted molar refractivity (Wildman–Crippen MR) is 58.6 cm³/mol. The quantitative estimate of drug-likeness (QED) is 0.485. The van der Waals surface area contributed by atoms with Crippen molar-refractivity contribution in [1.82, 2.24) is 5.32 Å². The maximum atomic E-state index is 10.8. The van der Waals surface area contributed by atoms with Crippen LogP contribution in [0, 0.1) is 11.8 Å². The minimum Gasteiger partial charge on any atom is -0.478 e. The number of rotatable bonds is 2. The Bertz CT molecular complexity index is 430. The van der Waals surface area contributed by atoms with E-state index in [1.165, 1.54) is 6.07 Å². The zero-order valence-electron chi connectivity index (χ0n) is 8.37. The number of anilines is 1. The number of carboxylic acid groups (broad SMARTS) is 1. The van der Waals surface area contributed by atoms with E-state index in [-0.39, 0.29) is 11.3 Å². The van der Waals surface area contributed by atoms with Crippen LogP contribution in [-0.4, -0.2) is 24.7 Å². The number of nitrogens with one attached hydrogen (secondary N) is 1. The molecule has 15 heavy (non-hydrogen) atoms. The van der Waals surface area contributed by atoms with E-state index < -0.39 is 5.97 Å². The number of nitrogen functional groups attached to an aromatic ring is 1. The lowest BCUT2D eigenvalue weighted by Crippen LogP contribution is -2.05. The van der Waals surface area contributed by atoms with Crippen LogP contribution in [0.3, 0.4) is 0 Å². The first-order valence-corrected chi connectivity index (χ1v) is 4.41. The number of benzene rings is 1. The van der Waals surface area contributed by atoms with Gasteiger partial charge in [0.25, 0.3) is 0 Å². The molecule has 0 aliphatic carbocycles. The molecule has 0 heterocycles. The Balaban J connectivity index is 2.99. The zero-order chi connectivity index (χ0) is 11.3. The molecule has 0 aromatic heterocycles. The molecule has 1 aromatic rings. The molecule has 1 rings (SSSR count). The molecule has 0 amide bonds. The molecule has 4 nitrogen and oxygen atoms in total. The summed E-state index contributed by atoms with van der Waals surface area (Å²) in [4.78, 5) is 10.8. The standard InChI is InChI=1S/C11H12N2O2/c1-13-6-2-3-8-4-5-10(12)9(7-8)11(14)15/h4-5,7,13H,6,12H2,1H3,(H,14,15). The van der Waals surface area contributed by atoms with Crippen molar-refractivity contribution in [3.63, 3.8) is 0 Å². The van der Waals surface area contributed by atoms with E-state index in [2.05, 4.69) is 17.2 Å². The lowest BCUT2D eigenvalue weighted by Gasteiger charge is -2.00. The van der Waals surface area contributed by atoms with Crippen LogP contribution in [0.25, 0.3) is 0 Å². The van der Waals surface area contributed by atoms with E-state index in [1.54, 1.807) is 19.2 Å².